The second-order valence-electron chi connectivity index (χ2n) is 2.66. The first-order valence-electron chi connectivity index (χ1n) is 3.94. The van der Waals surface area contributed by atoms with Gasteiger partial charge in [0, 0.05) is 20.1 Å². The average molecular weight is 160 g/mol. The van der Waals surface area contributed by atoms with Gasteiger partial charge in [0.25, 0.3) is 5.97 Å². The molecule has 1 fully saturated rings. The fourth-order valence-electron chi connectivity index (χ4n) is 0.905. The van der Waals surface area contributed by atoms with Crippen molar-refractivity contribution in [2.24, 2.45) is 5.92 Å². The van der Waals surface area contributed by atoms with E-state index >= 15 is 0 Å². The molecule has 1 saturated heterocycles. The molecule has 11 heavy (non-hydrogen) atoms. The van der Waals surface area contributed by atoms with Gasteiger partial charge in [0.1, 0.15) is 0 Å². The van der Waals surface area contributed by atoms with Crippen molar-refractivity contribution in [1.82, 2.24) is 0 Å². The molecule has 0 bridgehead atoms. The van der Waals surface area contributed by atoms with Crippen LogP contribution < -0.4 is 0 Å². The van der Waals surface area contributed by atoms with Gasteiger partial charge in [-0.3, -0.25) is 4.79 Å². The molecule has 0 aromatic carbocycles. The SMILES string of the molecule is CC(=O)O.CCC1CCOC1. The fraction of sp³-hybridized carbons (Fsp3) is 0.875. The van der Waals surface area contributed by atoms with Crippen LogP contribution in [-0.2, 0) is 9.53 Å². The van der Waals surface area contributed by atoms with Crippen LogP contribution in [0.1, 0.15) is 26.7 Å². The molecule has 0 spiro atoms. The van der Waals surface area contributed by atoms with Crippen molar-refractivity contribution in [3.63, 3.8) is 0 Å². The molecule has 66 valence electrons. The molecular weight excluding hydrogens is 144 g/mol. The summed E-state index contributed by atoms with van der Waals surface area (Å²) in [6.07, 6.45) is 2.58. The Hall–Kier alpha value is -0.570. The van der Waals surface area contributed by atoms with Gasteiger partial charge in [-0.25, -0.2) is 0 Å². The highest BCUT2D eigenvalue weighted by Gasteiger charge is 2.11. The molecule has 0 saturated carbocycles. The van der Waals surface area contributed by atoms with E-state index in [9.17, 15) is 0 Å². The van der Waals surface area contributed by atoms with E-state index in [1.807, 2.05) is 0 Å². The molecule has 0 amide bonds. The third-order valence-electron chi connectivity index (χ3n) is 1.60. The van der Waals surface area contributed by atoms with E-state index in [1.54, 1.807) is 0 Å². The lowest BCUT2D eigenvalue weighted by Crippen LogP contribution is -1.94. The zero-order valence-electron chi connectivity index (χ0n) is 7.17. The predicted octanol–water partition coefficient (Wildman–Crippen LogP) is 1.52. The van der Waals surface area contributed by atoms with Crippen LogP contribution in [0.3, 0.4) is 0 Å². The monoisotopic (exact) mass is 160 g/mol. The van der Waals surface area contributed by atoms with Gasteiger partial charge in [-0.05, 0) is 12.3 Å². The summed E-state index contributed by atoms with van der Waals surface area (Å²) >= 11 is 0. The first kappa shape index (κ1) is 10.4. The van der Waals surface area contributed by atoms with Crippen molar-refractivity contribution in [2.45, 2.75) is 26.7 Å². The third kappa shape index (κ3) is 7.33. The smallest absolute Gasteiger partial charge is 0.300 e. The molecule has 1 aliphatic heterocycles. The molecule has 0 aromatic rings. The van der Waals surface area contributed by atoms with Crippen LogP contribution in [-0.4, -0.2) is 24.3 Å². The van der Waals surface area contributed by atoms with E-state index in [1.165, 1.54) is 12.8 Å². The highest BCUT2D eigenvalue weighted by atomic mass is 16.5. The van der Waals surface area contributed by atoms with Gasteiger partial charge < -0.3 is 9.84 Å². The Morgan fingerprint density at radius 1 is 1.73 bits per heavy atom. The molecule has 3 heteroatoms. The number of hydrogen-bond donors (Lipinski definition) is 1. The first-order valence-corrected chi connectivity index (χ1v) is 3.94. The van der Waals surface area contributed by atoms with Crippen LogP contribution in [0.15, 0.2) is 0 Å². The lowest BCUT2D eigenvalue weighted by molar-refractivity contribution is -0.134. The Morgan fingerprint density at radius 3 is 2.45 bits per heavy atom. The summed E-state index contributed by atoms with van der Waals surface area (Å²) in [6, 6.07) is 0. The highest BCUT2D eigenvalue weighted by Crippen LogP contribution is 2.14. The van der Waals surface area contributed by atoms with Crippen molar-refractivity contribution < 1.29 is 14.6 Å². The molecule has 1 aliphatic rings. The molecule has 0 aliphatic carbocycles. The normalized spacial score (nSPS) is 22.2. The van der Waals surface area contributed by atoms with Crippen molar-refractivity contribution in [3.8, 4) is 0 Å². The lowest BCUT2D eigenvalue weighted by Gasteiger charge is -1.97. The Morgan fingerprint density at radius 2 is 2.27 bits per heavy atom. The Labute approximate surface area is 67.4 Å². The quantitative estimate of drug-likeness (QED) is 0.632. The summed E-state index contributed by atoms with van der Waals surface area (Å²) in [4.78, 5) is 9.00. The predicted molar refractivity (Wildman–Crippen MR) is 42.5 cm³/mol. The molecule has 0 radical (unpaired) electrons. The summed E-state index contributed by atoms with van der Waals surface area (Å²) in [5.74, 6) is 0.0417. The van der Waals surface area contributed by atoms with Gasteiger partial charge in [-0.2, -0.15) is 0 Å². The number of carboxylic acids is 1. The van der Waals surface area contributed by atoms with E-state index in [-0.39, 0.29) is 0 Å². The maximum absolute atomic E-state index is 9.00. The third-order valence-corrected chi connectivity index (χ3v) is 1.60. The van der Waals surface area contributed by atoms with E-state index in [2.05, 4.69) is 6.92 Å². The zero-order valence-corrected chi connectivity index (χ0v) is 7.17. The van der Waals surface area contributed by atoms with Crippen molar-refractivity contribution in [3.05, 3.63) is 0 Å². The number of hydrogen-bond acceptors (Lipinski definition) is 2. The fourth-order valence-corrected chi connectivity index (χ4v) is 0.905. The zero-order chi connectivity index (χ0) is 8.69. The van der Waals surface area contributed by atoms with E-state index in [4.69, 9.17) is 14.6 Å². The minimum atomic E-state index is -0.833. The standard InChI is InChI=1S/C6H12O.C2H4O2/c1-2-6-3-4-7-5-6;1-2(3)4/h6H,2-5H2,1H3;1H3,(H,3,4). The average Bonchev–Trinajstić information content (AvgIpc) is 2.36. The molecule has 1 rings (SSSR count). The molecular formula is C8H16O3. The molecule has 1 heterocycles. The van der Waals surface area contributed by atoms with Crippen LogP contribution in [0.25, 0.3) is 0 Å². The van der Waals surface area contributed by atoms with E-state index in [0.717, 1.165) is 26.1 Å². The summed E-state index contributed by atoms with van der Waals surface area (Å²) < 4.78 is 5.15. The lowest BCUT2D eigenvalue weighted by atomic mass is 10.1. The van der Waals surface area contributed by atoms with Crippen molar-refractivity contribution in [1.29, 1.82) is 0 Å². The van der Waals surface area contributed by atoms with Crippen LogP contribution in [0.2, 0.25) is 0 Å². The summed E-state index contributed by atoms with van der Waals surface area (Å²) in [6.45, 7) is 5.31. The summed E-state index contributed by atoms with van der Waals surface area (Å²) in [7, 11) is 0. The van der Waals surface area contributed by atoms with Gasteiger partial charge in [0.2, 0.25) is 0 Å². The highest BCUT2D eigenvalue weighted by molar-refractivity contribution is 5.62. The van der Waals surface area contributed by atoms with E-state index in [0.29, 0.717) is 0 Å². The van der Waals surface area contributed by atoms with Crippen LogP contribution >= 0.6 is 0 Å². The minimum absolute atomic E-state index is 0.833. The summed E-state index contributed by atoms with van der Waals surface area (Å²) in [5.41, 5.74) is 0. The Bertz CT molecular complexity index is 102. The number of aliphatic carboxylic acids is 1. The second-order valence-corrected chi connectivity index (χ2v) is 2.66. The maximum Gasteiger partial charge on any atom is 0.300 e. The van der Waals surface area contributed by atoms with Gasteiger partial charge >= 0.3 is 0 Å². The molecule has 1 unspecified atom stereocenters. The van der Waals surface area contributed by atoms with Gasteiger partial charge in [0.15, 0.2) is 0 Å². The first-order chi connectivity index (χ1) is 5.16. The van der Waals surface area contributed by atoms with Crippen LogP contribution in [0.5, 0.6) is 0 Å². The second kappa shape index (κ2) is 6.16. The van der Waals surface area contributed by atoms with Crippen molar-refractivity contribution >= 4 is 5.97 Å². The molecule has 1 atom stereocenters. The summed E-state index contributed by atoms with van der Waals surface area (Å²) in [5, 5.41) is 7.42. The number of carbonyl (C=O) groups is 1. The maximum atomic E-state index is 9.00. The van der Waals surface area contributed by atoms with Crippen molar-refractivity contribution in [2.75, 3.05) is 13.2 Å². The van der Waals surface area contributed by atoms with Gasteiger partial charge in [-0.15, -0.1) is 0 Å². The number of ether oxygens (including phenoxy) is 1. The topological polar surface area (TPSA) is 46.5 Å². The van der Waals surface area contributed by atoms with Crippen LogP contribution in [0.4, 0.5) is 0 Å². The largest absolute Gasteiger partial charge is 0.481 e. The van der Waals surface area contributed by atoms with E-state index < -0.39 is 5.97 Å². The Kier molecular flexibility index (Phi) is 5.84. The Balaban J connectivity index is 0.000000218. The molecule has 3 nitrogen and oxygen atoms in total. The van der Waals surface area contributed by atoms with Gasteiger partial charge in [-0.1, -0.05) is 13.3 Å². The molecule has 1 N–H and O–H groups in total. The molecule has 0 aromatic heterocycles. The minimum Gasteiger partial charge on any atom is -0.481 e. The van der Waals surface area contributed by atoms with Crippen LogP contribution in [0, 0.1) is 5.92 Å². The number of carboxylic acid groups (broad SMARTS) is 1. The number of rotatable bonds is 1. The van der Waals surface area contributed by atoms with Gasteiger partial charge in [0.05, 0.1) is 0 Å².